The standard InChI is InChI=1S/C17H25NO4/c1-6-17(7-2,16(20)21)10-18-15(19)13-8-11(3)14(22-5)12(4)9-13/h8-9H,6-7,10H2,1-5H3,(H,18,19)(H,20,21). The molecule has 0 fully saturated rings. The van der Waals surface area contributed by atoms with Crippen LogP contribution >= 0.6 is 0 Å². The van der Waals surface area contributed by atoms with Crippen LogP contribution in [-0.2, 0) is 4.79 Å². The number of rotatable bonds is 7. The summed E-state index contributed by atoms with van der Waals surface area (Å²) in [7, 11) is 1.60. The molecule has 0 saturated carbocycles. The van der Waals surface area contributed by atoms with Gasteiger partial charge in [-0.25, -0.2) is 0 Å². The summed E-state index contributed by atoms with van der Waals surface area (Å²) in [4.78, 5) is 23.8. The predicted molar refractivity (Wildman–Crippen MR) is 85.5 cm³/mol. The maximum Gasteiger partial charge on any atom is 0.311 e. The van der Waals surface area contributed by atoms with Gasteiger partial charge in [0.05, 0.1) is 12.5 Å². The van der Waals surface area contributed by atoms with Crippen LogP contribution in [0.4, 0.5) is 0 Å². The Labute approximate surface area is 131 Å². The molecule has 0 bridgehead atoms. The first-order valence-corrected chi connectivity index (χ1v) is 7.48. The second-order valence-electron chi connectivity index (χ2n) is 5.62. The monoisotopic (exact) mass is 307 g/mol. The Hall–Kier alpha value is -2.04. The summed E-state index contributed by atoms with van der Waals surface area (Å²) in [5.41, 5.74) is 1.36. The Balaban J connectivity index is 2.92. The van der Waals surface area contributed by atoms with Crippen LogP contribution in [0.1, 0.15) is 48.2 Å². The van der Waals surface area contributed by atoms with Crippen LogP contribution < -0.4 is 10.1 Å². The molecular weight excluding hydrogens is 282 g/mol. The maximum absolute atomic E-state index is 12.3. The van der Waals surface area contributed by atoms with Gasteiger partial charge in [0.25, 0.3) is 5.91 Å². The molecule has 0 unspecified atom stereocenters. The summed E-state index contributed by atoms with van der Waals surface area (Å²) in [6.45, 7) is 7.53. The molecule has 1 amide bonds. The Morgan fingerprint density at radius 3 is 2.05 bits per heavy atom. The second-order valence-corrected chi connectivity index (χ2v) is 5.62. The molecule has 5 nitrogen and oxygen atoms in total. The lowest BCUT2D eigenvalue weighted by atomic mass is 9.82. The minimum Gasteiger partial charge on any atom is -0.496 e. The highest BCUT2D eigenvalue weighted by Gasteiger charge is 2.35. The Morgan fingerprint density at radius 1 is 1.18 bits per heavy atom. The normalized spacial score (nSPS) is 11.1. The molecule has 1 rings (SSSR count). The van der Waals surface area contributed by atoms with Crippen molar-refractivity contribution in [2.75, 3.05) is 13.7 Å². The zero-order valence-electron chi connectivity index (χ0n) is 13.9. The van der Waals surface area contributed by atoms with E-state index in [2.05, 4.69) is 5.32 Å². The van der Waals surface area contributed by atoms with Gasteiger partial charge < -0.3 is 15.2 Å². The average molecular weight is 307 g/mol. The summed E-state index contributed by atoms with van der Waals surface area (Å²) >= 11 is 0. The lowest BCUT2D eigenvalue weighted by molar-refractivity contribution is -0.149. The van der Waals surface area contributed by atoms with E-state index in [0.717, 1.165) is 16.9 Å². The van der Waals surface area contributed by atoms with E-state index in [-0.39, 0.29) is 12.5 Å². The highest BCUT2D eigenvalue weighted by Crippen LogP contribution is 2.27. The number of carboxylic acid groups (broad SMARTS) is 1. The molecule has 0 aliphatic rings. The van der Waals surface area contributed by atoms with E-state index in [9.17, 15) is 14.7 Å². The maximum atomic E-state index is 12.3. The summed E-state index contributed by atoms with van der Waals surface area (Å²) in [5, 5.41) is 12.2. The number of ether oxygens (including phenoxy) is 1. The van der Waals surface area contributed by atoms with Crippen molar-refractivity contribution >= 4 is 11.9 Å². The van der Waals surface area contributed by atoms with E-state index in [1.54, 1.807) is 19.2 Å². The van der Waals surface area contributed by atoms with E-state index in [4.69, 9.17) is 4.74 Å². The SMILES string of the molecule is CCC(CC)(CNC(=O)c1cc(C)c(OC)c(C)c1)C(=O)O. The zero-order chi connectivity index (χ0) is 16.9. The van der Waals surface area contributed by atoms with Crippen molar-refractivity contribution in [2.24, 2.45) is 5.41 Å². The number of nitrogens with one attached hydrogen (secondary N) is 1. The van der Waals surface area contributed by atoms with Gasteiger partial charge in [-0.3, -0.25) is 9.59 Å². The highest BCUT2D eigenvalue weighted by atomic mass is 16.5. The van der Waals surface area contributed by atoms with Crippen LogP contribution in [0.25, 0.3) is 0 Å². The fourth-order valence-corrected chi connectivity index (χ4v) is 2.63. The number of benzene rings is 1. The van der Waals surface area contributed by atoms with Gasteiger partial charge in [0.1, 0.15) is 5.75 Å². The van der Waals surface area contributed by atoms with Gasteiger partial charge >= 0.3 is 5.97 Å². The van der Waals surface area contributed by atoms with Crippen molar-refractivity contribution in [2.45, 2.75) is 40.5 Å². The molecule has 0 aliphatic heterocycles. The third-order valence-corrected chi connectivity index (χ3v) is 4.32. The molecule has 0 aromatic heterocycles. The first kappa shape index (κ1) is 18.0. The van der Waals surface area contributed by atoms with Gasteiger partial charge in [0, 0.05) is 12.1 Å². The number of methoxy groups -OCH3 is 1. The van der Waals surface area contributed by atoms with E-state index in [0.29, 0.717) is 18.4 Å². The van der Waals surface area contributed by atoms with Crippen LogP contribution in [0.15, 0.2) is 12.1 Å². The number of carboxylic acids is 1. The molecule has 122 valence electrons. The van der Waals surface area contributed by atoms with Crippen molar-refractivity contribution in [3.05, 3.63) is 28.8 Å². The van der Waals surface area contributed by atoms with Crippen molar-refractivity contribution in [1.29, 1.82) is 0 Å². The molecule has 0 atom stereocenters. The number of aliphatic carboxylic acids is 1. The van der Waals surface area contributed by atoms with Crippen molar-refractivity contribution in [3.63, 3.8) is 0 Å². The highest BCUT2D eigenvalue weighted by molar-refractivity contribution is 5.95. The molecular formula is C17H25NO4. The van der Waals surface area contributed by atoms with Gasteiger partial charge in [0.2, 0.25) is 0 Å². The van der Waals surface area contributed by atoms with Crippen LogP contribution in [0, 0.1) is 19.3 Å². The average Bonchev–Trinajstić information content (AvgIpc) is 2.47. The number of hydrogen-bond donors (Lipinski definition) is 2. The van der Waals surface area contributed by atoms with E-state index < -0.39 is 11.4 Å². The first-order chi connectivity index (χ1) is 10.3. The first-order valence-electron chi connectivity index (χ1n) is 7.48. The fraction of sp³-hybridized carbons (Fsp3) is 0.529. The number of amides is 1. The lowest BCUT2D eigenvalue weighted by Crippen LogP contribution is -2.42. The Kier molecular flexibility index (Phi) is 5.97. The lowest BCUT2D eigenvalue weighted by Gasteiger charge is -2.26. The van der Waals surface area contributed by atoms with Gasteiger partial charge in [-0.05, 0) is 49.9 Å². The van der Waals surface area contributed by atoms with Gasteiger partial charge in [-0.1, -0.05) is 13.8 Å². The van der Waals surface area contributed by atoms with Crippen molar-refractivity contribution in [1.82, 2.24) is 5.32 Å². The van der Waals surface area contributed by atoms with Gasteiger partial charge in [-0.15, -0.1) is 0 Å². The number of aryl methyl sites for hydroxylation is 2. The van der Waals surface area contributed by atoms with E-state index >= 15 is 0 Å². The summed E-state index contributed by atoms with van der Waals surface area (Å²) in [6, 6.07) is 3.50. The topological polar surface area (TPSA) is 75.6 Å². The van der Waals surface area contributed by atoms with Crippen LogP contribution in [0.3, 0.4) is 0 Å². The largest absolute Gasteiger partial charge is 0.496 e. The van der Waals surface area contributed by atoms with Crippen molar-refractivity contribution < 1.29 is 19.4 Å². The third-order valence-electron chi connectivity index (χ3n) is 4.32. The molecule has 1 aromatic carbocycles. The molecule has 1 aromatic rings. The third kappa shape index (κ3) is 3.59. The number of hydrogen-bond acceptors (Lipinski definition) is 3. The molecule has 0 radical (unpaired) electrons. The van der Waals surface area contributed by atoms with Crippen LogP contribution in [0.5, 0.6) is 5.75 Å². The summed E-state index contributed by atoms with van der Waals surface area (Å²) in [5.74, 6) is -0.375. The minimum atomic E-state index is -0.910. The Bertz CT molecular complexity index is 539. The van der Waals surface area contributed by atoms with Gasteiger partial charge in [-0.2, -0.15) is 0 Å². The molecule has 2 N–H and O–H groups in total. The molecule has 0 aliphatic carbocycles. The molecule has 0 saturated heterocycles. The molecule has 22 heavy (non-hydrogen) atoms. The van der Waals surface area contributed by atoms with E-state index in [1.165, 1.54) is 0 Å². The smallest absolute Gasteiger partial charge is 0.311 e. The zero-order valence-corrected chi connectivity index (χ0v) is 13.9. The van der Waals surface area contributed by atoms with Gasteiger partial charge in [0.15, 0.2) is 0 Å². The number of carbonyl (C=O) groups excluding carboxylic acids is 1. The Morgan fingerprint density at radius 2 is 1.68 bits per heavy atom. The van der Waals surface area contributed by atoms with Crippen molar-refractivity contribution in [3.8, 4) is 5.75 Å². The quantitative estimate of drug-likeness (QED) is 0.812. The molecule has 5 heteroatoms. The number of carbonyl (C=O) groups is 2. The summed E-state index contributed by atoms with van der Waals surface area (Å²) in [6.07, 6.45) is 0.944. The van der Waals surface area contributed by atoms with Crippen LogP contribution in [-0.4, -0.2) is 30.6 Å². The van der Waals surface area contributed by atoms with E-state index in [1.807, 2.05) is 27.7 Å². The molecule has 0 heterocycles. The fourth-order valence-electron chi connectivity index (χ4n) is 2.63. The predicted octanol–water partition coefficient (Wildman–Crippen LogP) is 2.93. The second kappa shape index (κ2) is 7.29. The van der Waals surface area contributed by atoms with Crippen LogP contribution in [0.2, 0.25) is 0 Å². The molecule has 0 spiro atoms. The summed E-state index contributed by atoms with van der Waals surface area (Å²) < 4.78 is 5.28. The minimum absolute atomic E-state index is 0.123.